The lowest BCUT2D eigenvalue weighted by atomic mass is 10.0. The van der Waals surface area contributed by atoms with Gasteiger partial charge in [0.1, 0.15) is 5.82 Å². The van der Waals surface area contributed by atoms with Gasteiger partial charge in [-0.05, 0) is 36.2 Å². The summed E-state index contributed by atoms with van der Waals surface area (Å²) in [5, 5.41) is 2.59. The minimum absolute atomic E-state index is 0.778. The van der Waals surface area contributed by atoms with Crippen molar-refractivity contribution < 1.29 is 0 Å². The first-order chi connectivity index (χ1) is 15.8. The van der Waals surface area contributed by atoms with E-state index in [9.17, 15) is 0 Å². The highest BCUT2D eigenvalue weighted by Gasteiger charge is 2.13. The molecule has 3 heteroatoms. The Morgan fingerprint density at radius 2 is 1.25 bits per heavy atom. The van der Waals surface area contributed by atoms with E-state index in [-0.39, 0.29) is 0 Å². The van der Waals surface area contributed by atoms with E-state index < -0.39 is 0 Å². The molecule has 0 spiro atoms. The second kappa shape index (κ2) is 7.70. The quantitative estimate of drug-likeness (QED) is 0.284. The zero-order valence-electron chi connectivity index (χ0n) is 17.6. The van der Waals surface area contributed by atoms with Crippen molar-refractivity contribution in [1.82, 2.24) is 9.97 Å². The molecule has 6 rings (SSSR count). The first kappa shape index (κ1) is 18.9. The smallest absolute Gasteiger partial charge is 0.126 e. The molecule has 152 valence electrons. The number of thiophene rings is 1. The van der Waals surface area contributed by atoms with Crippen LogP contribution in [0.5, 0.6) is 0 Å². The lowest BCUT2D eigenvalue weighted by Crippen LogP contribution is -1.95. The van der Waals surface area contributed by atoms with Gasteiger partial charge in [-0.3, -0.25) is 0 Å². The minimum Gasteiger partial charge on any atom is -0.233 e. The van der Waals surface area contributed by atoms with Crippen LogP contribution in [0, 0.1) is 6.92 Å². The minimum atomic E-state index is 0.778. The molecular formula is C29H20N2S. The fraction of sp³-hybridized carbons (Fsp3) is 0.0345. The highest BCUT2D eigenvalue weighted by molar-refractivity contribution is 7.26. The van der Waals surface area contributed by atoms with Crippen LogP contribution in [0.2, 0.25) is 0 Å². The second-order valence-electron chi connectivity index (χ2n) is 7.91. The normalized spacial score (nSPS) is 11.3. The summed E-state index contributed by atoms with van der Waals surface area (Å²) >= 11 is 1.83. The van der Waals surface area contributed by atoms with Gasteiger partial charge in [-0.15, -0.1) is 11.3 Å². The van der Waals surface area contributed by atoms with Crippen molar-refractivity contribution in [2.75, 3.05) is 0 Å². The molecule has 4 aromatic carbocycles. The molecule has 0 unspecified atom stereocenters. The summed E-state index contributed by atoms with van der Waals surface area (Å²) in [7, 11) is 0. The summed E-state index contributed by atoms with van der Waals surface area (Å²) in [6.07, 6.45) is 0. The number of aromatic nitrogens is 2. The van der Waals surface area contributed by atoms with Crippen molar-refractivity contribution in [3.05, 3.63) is 109 Å². The van der Waals surface area contributed by atoms with Crippen molar-refractivity contribution in [2.45, 2.75) is 6.92 Å². The molecule has 0 saturated carbocycles. The molecule has 0 atom stereocenters. The molecule has 0 N–H and O–H groups in total. The molecule has 0 radical (unpaired) electrons. The predicted octanol–water partition coefficient (Wildman–Crippen LogP) is 8.15. The Kier molecular flexibility index (Phi) is 4.55. The molecule has 0 aliphatic rings. The zero-order chi connectivity index (χ0) is 21.5. The average molecular weight is 429 g/mol. The number of nitrogens with zero attached hydrogens (tertiary/aromatic N) is 2. The van der Waals surface area contributed by atoms with Crippen LogP contribution >= 0.6 is 11.3 Å². The highest BCUT2D eigenvalue weighted by Crippen LogP contribution is 2.39. The fourth-order valence-corrected chi connectivity index (χ4v) is 5.52. The topological polar surface area (TPSA) is 25.8 Å². The molecule has 0 aliphatic carbocycles. The lowest BCUT2D eigenvalue weighted by Gasteiger charge is -2.09. The number of aryl methyl sites for hydroxylation is 1. The summed E-state index contributed by atoms with van der Waals surface area (Å²) in [4.78, 5) is 9.61. The molecule has 0 fully saturated rings. The van der Waals surface area contributed by atoms with Crippen LogP contribution in [0.4, 0.5) is 0 Å². The maximum absolute atomic E-state index is 4.83. The summed E-state index contributed by atoms with van der Waals surface area (Å²) in [6.45, 7) is 1.97. The number of benzene rings is 4. The Morgan fingerprint density at radius 3 is 2.16 bits per heavy atom. The van der Waals surface area contributed by atoms with Crippen molar-refractivity contribution in [3.8, 4) is 33.6 Å². The maximum Gasteiger partial charge on any atom is 0.126 e. The van der Waals surface area contributed by atoms with Crippen molar-refractivity contribution in [3.63, 3.8) is 0 Å². The summed E-state index contributed by atoms with van der Waals surface area (Å²) in [5.74, 6) is 0.778. The Morgan fingerprint density at radius 1 is 0.562 bits per heavy atom. The fourth-order valence-electron chi connectivity index (χ4n) is 4.29. The van der Waals surface area contributed by atoms with Crippen molar-refractivity contribution in [2.24, 2.45) is 0 Å². The monoisotopic (exact) mass is 428 g/mol. The van der Waals surface area contributed by atoms with Crippen LogP contribution in [0.15, 0.2) is 103 Å². The number of hydrogen-bond donors (Lipinski definition) is 0. The summed E-state index contributed by atoms with van der Waals surface area (Å²) in [5.41, 5.74) is 6.57. The third-order valence-electron chi connectivity index (χ3n) is 5.78. The lowest BCUT2D eigenvalue weighted by molar-refractivity contribution is 1.06. The van der Waals surface area contributed by atoms with Gasteiger partial charge in [-0.1, -0.05) is 84.9 Å². The van der Waals surface area contributed by atoms with Gasteiger partial charge in [-0.2, -0.15) is 0 Å². The largest absolute Gasteiger partial charge is 0.233 e. The van der Waals surface area contributed by atoms with E-state index in [2.05, 4.69) is 97.1 Å². The molecule has 0 amide bonds. The second-order valence-corrected chi connectivity index (χ2v) is 8.97. The molecule has 2 aromatic heterocycles. The maximum atomic E-state index is 4.83. The van der Waals surface area contributed by atoms with Gasteiger partial charge in [0.25, 0.3) is 0 Å². The molecule has 0 saturated heterocycles. The van der Waals surface area contributed by atoms with Gasteiger partial charge in [0.05, 0.1) is 11.4 Å². The van der Waals surface area contributed by atoms with Crippen LogP contribution in [-0.4, -0.2) is 9.97 Å². The van der Waals surface area contributed by atoms with Crippen LogP contribution in [-0.2, 0) is 0 Å². The number of hydrogen-bond acceptors (Lipinski definition) is 3. The SMILES string of the molecule is Cc1nc(-c2cccc(-c3ccccc3)c2)cc(-c2cccc3c2sc2ccccc23)n1. The van der Waals surface area contributed by atoms with Crippen LogP contribution in [0.1, 0.15) is 5.82 Å². The summed E-state index contributed by atoms with van der Waals surface area (Å²) < 4.78 is 2.58. The van der Waals surface area contributed by atoms with Gasteiger partial charge >= 0.3 is 0 Å². The Bertz CT molecular complexity index is 1580. The van der Waals surface area contributed by atoms with E-state index in [1.165, 1.54) is 31.3 Å². The van der Waals surface area contributed by atoms with E-state index in [4.69, 9.17) is 9.97 Å². The molecule has 6 aromatic rings. The van der Waals surface area contributed by atoms with Crippen LogP contribution < -0.4 is 0 Å². The predicted molar refractivity (Wildman–Crippen MR) is 136 cm³/mol. The third kappa shape index (κ3) is 3.28. The van der Waals surface area contributed by atoms with Gasteiger partial charge < -0.3 is 0 Å². The van der Waals surface area contributed by atoms with Gasteiger partial charge in [0.15, 0.2) is 0 Å². The van der Waals surface area contributed by atoms with E-state index >= 15 is 0 Å². The van der Waals surface area contributed by atoms with Gasteiger partial charge in [0, 0.05) is 31.3 Å². The molecule has 2 nitrogen and oxygen atoms in total. The van der Waals surface area contributed by atoms with Gasteiger partial charge in [-0.25, -0.2) is 9.97 Å². The van der Waals surface area contributed by atoms with E-state index in [1.54, 1.807) is 0 Å². The molecule has 2 heterocycles. The van der Waals surface area contributed by atoms with Crippen molar-refractivity contribution in [1.29, 1.82) is 0 Å². The van der Waals surface area contributed by atoms with Crippen LogP contribution in [0.25, 0.3) is 53.8 Å². The first-order valence-corrected chi connectivity index (χ1v) is 11.5. The van der Waals surface area contributed by atoms with Crippen molar-refractivity contribution >= 4 is 31.5 Å². The van der Waals surface area contributed by atoms with Gasteiger partial charge in [0.2, 0.25) is 0 Å². The van der Waals surface area contributed by atoms with E-state index in [0.29, 0.717) is 0 Å². The average Bonchev–Trinajstić information content (AvgIpc) is 3.23. The zero-order valence-corrected chi connectivity index (χ0v) is 18.4. The third-order valence-corrected chi connectivity index (χ3v) is 7.00. The number of fused-ring (bicyclic) bond motifs is 3. The molecule has 0 bridgehead atoms. The Labute approximate surface area is 190 Å². The summed E-state index contributed by atoms with van der Waals surface area (Å²) in [6, 6.07) is 36.3. The number of rotatable bonds is 3. The van der Waals surface area contributed by atoms with E-state index in [0.717, 1.165) is 28.3 Å². The molecular weight excluding hydrogens is 408 g/mol. The Balaban J connectivity index is 1.51. The first-order valence-electron chi connectivity index (χ1n) is 10.7. The Hall–Kier alpha value is -3.82. The molecule has 32 heavy (non-hydrogen) atoms. The standard InChI is InChI=1S/C29H20N2S/c1-19-30-26(22-12-7-11-21(17-22)20-9-3-2-4-10-20)18-27(31-19)25-15-8-14-24-23-13-5-6-16-28(23)32-29(24)25/h2-18H,1H3. The van der Waals surface area contributed by atoms with E-state index in [1.807, 2.05) is 24.3 Å². The van der Waals surface area contributed by atoms with Crippen LogP contribution in [0.3, 0.4) is 0 Å². The molecule has 0 aliphatic heterocycles. The highest BCUT2D eigenvalue weighted by atomic mass is 32.1.